The number of nitrogens with one attached hydrogen (secondary N) is 1. The van der Waals surface area contributed by atoms with Crippen LogP contribution in [0.4, 0.5) is 0 Å². The lowest BCUT2D eigenvalue weighted by molar-refractivity contribution is 0.0940. The Morgan fingerprint density at radius 1 is 1.38 bits per heavy atom. The average Bonchev–Trinajstić information content (AvgIpc) is 3.07. The molecule has 0 saturated carbocycles. The van der Waals surface area contributed by atoms with Gasteiger partial charge in [-0.1, -0.05) is 11.6 Å². The van der Waals surface area contributed by atoms with Crippen LogP contribution in [0.5, 0.6) is 11.5 Å². The lowest BCUT2D eigenvalue weighted by Crippen LogP contribution is -2.24. The van der Waals surface area contributed by atoms with Crippen molar-refractivity contribution < 1.29 is 14.3 Å². The number of ether oxygens (including phenoxy) is 2. The van der Waals surface area contributed by atoms with E-state index >= 15 is 0 Å². The van der Waals surface area contributed by atoms with Crippen molar-refractivity contribution in [3.05, 3.63) is 46.5 Å². The summed E-state index contributed by atoms with van der Waals surface area (Å²) in [5, 5.41) is 7.36. The Morgan fingerprint density at radius 2 is 2.19 bits per heavy atom. The van der Waals surface area contributed by atoms with Crippen LogP contribution in [0.1, 0.15) is 28.8 Å². The second-order valence-electron chi connectivity index (χ2n) is 5.46. The van der Waals surface area contributed by atoms with Crippen LogP contribution in [-0.2, 0) is 6.54 Å². The van der Waals surface area contributed by atoms with E-state index in [1.54, 1.807) is 24.4 Å². The SMILES string of the molecule is CCOc1c(Cl)cc(CNC(=O)c2nc3nccc(C)n3n2)cc1OC. The highest BCUT2D eigenvalue weighted by atomic mass is 35.5. The fourth-order valence-electron chi connectivity index (χ4n) is 2.42. The van der Waals surface area contributed by atoms with Gasteiger partial charge in [-0.3, -0.25) is 4.79 Å². The van der Waals surface area contributed by atoms with Crippen LogP contribution < -0.4 is 14.8 Å². The van der Waals surface area contributed by atoms with Gasteiger partial charge < -0.3 is 14.8 Å². The number of hydrogen-bond acceptors (Lipinski definition) is 6. The number of methoxy groups -OCH3 is 1. The summed E-state index contributed by atoms with van der Waals surface area (Å²) < 4.78 is 12.3. The van der Waals surface area contributed by atoms with Crippen molar-refractivity contribution in [1.82, 2.24) is 24.9 Å². The summed E-state index contributed by atoms with van der Waals surface area (Å²) in [5.74, 6) is 1.01. The highest BCUT2D eigenvalue weighted by Crippen LogP contribution is 2.36. The highest BCUT2D eigenvalue weighted by Gasteiger charge is 2.16. The molecule has 136 valence electrons. The van der Waals surface area contributed by atoms with Crippen LogP contribution in [0.3, 0.4) is 0 Å². The Kier molecular flexibility index (Phi) is 5.22. The number of carbonyl (C=O) groups excluding carboxylic acids is 1. The van der Waals surface area contributed by atoms with Crippen LogP contribution in [0.2, 0.25) is 5.02 Å². The van der Waals surface area contributed by atoms with Gasteiger partial charge in [0.2, 0.25) is 5.82 Å². The van der Waals surface area contributed by atoms with Crippen molar-refractivity contribution in [2.75, 3.05) is 13.7 Å². The van der Waals surface area contributed by atoms with Crippen molar-refractivity contribution in [3.63, 3.8) is 0 Å². The van der Waals surface area contributed by atoms with Crippen molar-refractivity contribution in [2.24, 2.45) is 0 Å². The first kappa shape index (κ1) is 17.9. The van der Waals surface area contributed by atoms with Crippen molar-refractivity contribution in [3.8, 4) is 11.5 Å². The maximum Gasteiger partial charge on any atom is 0.291 e. The van der Waals surface area contributed by atoms with E-state index in [4.69, 9.17) is 21.1 Å². The molecule has 0 fully saturated rings. The van der Waals surface area contributed by atoms with Crippen LogP contribution in [0.15, 0.2) is 24.4 Å². The van der Waals surface area contributed by atoms with E-state index in [1.165, 1.54) is 11.6 Å². The number of halogens is 1. The zero-order valence-electron chi connectivity index (χ0n) is 14.6. The summed E-state index contributed by atoms with van der Waals surface area (Å²) >= 11 is 6.24. The average molecular weight is 376 g/mol. The molecule has 0 radical (unpaired) electrons. The molecule has 3 aromatic rings. The predicted molar refractivity (Wildman–Crippen MR) is 95.9 cm³/mol. The van der Waals surface area contributed by atoms with Gasteiger partial charge in [0.25, 0.3) is 11.7 Å². The van der Waals surface area contributed by atoms with E-state index in [0.29, 0.717) is 28.9 Å². The fraction of sp³-hybridized carbons (Fsp3) is 0.294. The highest BCUT2D eigenvalue weighted by molar-refractivity contribution is 6.32. The van der Waals surface area contributed by atoms with Crippen LogP contribution in [-0.4, -0.2) is 39.2 Å². The smallest absolute Gasteiger partial charge is 0.291 e. The number of carbonyl (C=O) groups is 1. The Morgan fingerprint density at radius 3 is 2.88 bits per heavy atom. The molecular weight excluding hydrogens is 358 g/mol. The Bertz CT molecular complexity index is 957. The molecule has 26 heavy (non-hydrogen) atoms. The van der Waals surface area contributed by atoms with Gasteiger partial charge in [-0.2, -0.15) is 4.98 Å². The summed E-state index contributed by atoms with van der Waals surface area (Å²) in [5.41, 5.74) is 1.60. The zero-order valence-corrected chi connectivity index (χ0v) is 15.4. The Balaban J connectivity index is 1.76. The van der Waals surface area contributed by atoms with Gasteiger partial charge in [-0.15, -0.1) is 5.10 Å². The summed E-state index contributed by atoms with van der Waals surface area (Å²) in [7, 11) is 1.53. The summed E-state index contributed by atoms with van der Waals surface area (Å²) in [6.07, 6.45) is 1.62. The van der Waals surface area contributed by atoms with E-state index in [0.717, 1.165) is 11.3 Å². The number of amides is 1. The minimum Gasteiger partial charge on any atom is -0.493 e. The lowest BCUT2D eigenvalue weighted by atomic mass is 10.2. The number of aromatic nitrogens is 4. The first-order valence-corrected chi connectivity index (χ1v) is 8.37. The van der Waals surface area contributed by atoms with Crippen LogP contribution in [0, 0.1) is 6.92 Å². The van der Waals surface area contributed by atoms with Gasteiger partial charge in [-0.05, 0) is 37.6 Å². The van der Waals surface area contributed by atoms with Crippen LogP contribution >= 0.6 is 11.6 Å². The first-order chi connectivity index (χ1) is 12.5. The third kappa shape index (κ3) is 3.55. The molecule has 1 amide bonds. The molecule has 1 N–H and O–H groups in total. The van der Waals surface area contributed by atoms with Gasteiger partial charge >= 0.3 is 0 Å². The van der Waals surface area contributed by atoms with Crippen molar-refractivity contribution in [1.29, 1.82) is 0 Å². The molecule has 0 saturated heterocycles. The fourth-order valence-corrected chi connectivity index (χ4v) is 2.71. The van der Waals surface area contributed by atoms with Gasteiger partial charge in [0.15, 0.2) is 11.5 Å². The molecule has 0 atom stereocenters. The minimum absolute atomic E-state index is 0.0517. The first-order valence-electron chi connectivity index (χ1n) is 7.99. The Hall–Kier alpha value is -2.87. The monoisotopic (exact) mass is 375 g/mol. The molecule has 0 aliphatic heterocycles. The predicted octanol–water partition coefficient (Wildman–Crippen LogP) is 2.42. The maximum absolute atomic E-state index is 12.3. The second kappa shape index (κ2) is 7.57. The summed E-state index contributed by atoms with van der Waals surface area (Å²) in [4.78, 5) is 20.6. The van der Waals surface area contributed by atoms with Crippen molar-refractivity contribution in [2.45, 2.75) is 20.4 Å². The molecule has 0 aliphatic carbocycles. The molecule has 0 unspecified atom stereocenters. The van der Waals surface area contributed by atoms with Gasteiger partial charge in [0.1, 0.15) is 0 Å². The van der Waals surface area contributed by atoms with Crippen LogP contribution in [0.25, 0.3) is 5.78 Å². The van der Waals surface area contributed by atoms with E-state index in [9.17, 15) is 4.79 Å². The quantitative estimate of drug-likeness (QED) is 0.711. The van der Waals surface area contributed by atoms with Gasteiger partial charge in [0.05, 0.1) is 18.7 Å². The summed E-state index contributed by atoms with van der Waals surface area (Å²) in [6, 6.07) is 5.27. The molecule has 0 spiro atoms. The number of aryl methyl sites for hydroxylation is 1. The largest absolute Gasteiger partial charge is 0.493 e. The topological polar surface area (TPSA) is 90.6 Å². The molecule has 2 heterocycles. The number of rotatable bonds is 6. The summed E-state index contributed by atoms with van der Waals surface area (Å²) in [6.45, 7) is 4.43. The van der Waals surface area contributed by atoms with E-state index in [2.05, 4.69) is 20.4 Å². The third-order valence-electron chi connectivity index (χ3n) is 3.66. The van der Waals surface area contributed by atoms with Crippen molar-refractivity contribution >= 4 is 23.3 Å². The molecule has 3 rings (SSSR count). The standard InChI is InChI=1S/C17H18ClN5O3/c1-4-26-14-12(18)7-11(8-13(14)25-3)9-20-16(24)15-21-17-19-6-5-10(2)23(17)22-15/h5-8H,4,9H2,1-3H3,(H,20,24). The molecule has 8 nitrogen and oxygen atoms in total. The maximum atomic E-state index is 12.3. The Labute approximate surface area is 155 Å². The third-order valence-corrected chi connectivity index (χ3v) is 3.94. The van der Waals surface area contributed by atoms with E-state index < -0.39 is 5.91 Å². The molecular formula is C17H18ClN5O3. The molecule has 0 aliphatic rings. The van der Waals surface area contributed by atoms with Gasteiger partial charge in [-0.25, -0.2) is 9.50 Å². The van der Waals surface area contributed by atoms with E-state index in [-0.39, 0.29) is 12.4 Å². The normalized spacial score (nSPS) is 10.8. The number of benzene rings is 1. The molecule has 2 aromatic heterocycles. The number of hydrogen-bond donors (Lipinski definition) is 1. The zero-order chi connectivity index (χ0) is 18.7. The number of nitrogens with zero attached hydrogens (tertiary/aromatic N) is 4. The van der Waals surface area contributed by atoms with Gasteiger partial charge in [0, 0.05) is 18.4 Å². The molecule has 9 heteroatoms. The minimum atomic E-state index is -0.404. The molecule has 0 bridgehead atoms. The molecule has 1 aromatic carbocycles. The van der Waals surface area contributed by atoms with E-state index in [1.807, 2.05) is 13.8 Å². The second-order valence-corrected chi connectivity index (χ2v) is 5.87. The lowest BCUT2D eigenvalue weighted by Gasteiger charge is -2.13. The number of fused-ring (bicyclic) bond motifs is 1.